The van der Waals surface area contributed by atoms with Crippen molar-refractivity contribution in [3.63, 3.8) is 0 Å². The largest absolute Gasteiger partial charge is 0.472 e. The zero-order valence-corrected chi connectivity index (χ0v) is 34.3. The Bertz CT molecular complexity index is 876. The number of aliphatic hydroxyl groups excluding tert-OH is 1. The number of aliphatic hydroxyl groups is 1. The third kappa shape index (κ3) is 35.4. The molecule has 0 aliphatic rings. The number of carbonyl (C=O) groups is 1. The highest BCUT2D eigenvalue weighted by Crippen LogP contribution is 2.43. The Labute approximate surface area is 309 Å². The van der Waals surface area contributed by atoms with Crippen LogP contribution in [0.2, 0.25) is 0 Å². The van der Waals surface area contributed by atoms with Crippen LogP contribution in [0, 0.1) is 0 Å². The van der Waals surface area contributed by atoms with Crippen LogP contribution in [0.25, 0.3) is 0 Å². The average molecular weight is 730 g/mol. The monoisotopic (exact) mass is 730 g/mol. The summed E-state index contributed by atoms with van der Waals surface area (Å²) in [6, 6.07) is -0.856. The van der Waals surface area contributed by atoms with Crippen LogP contribution in [0.15, 0.2) is 24.3 Å². The van der Waals surface area contributed by atoms with Gasteiger partial charge in [-0.05, 0) is 32.1 Å². The van der Waals surface area contributed by atoms with E-state index < -0.39 is 20.0 Å². The Morgan fingerprint density at radius 3 is 1.60 bits per heavy atom. The SMILES string of the molecule is CCCCCCCCCC/C=C/CC/C=C/C(O)C(COP(=O)(O)OCC[N+](C)(C)C)NC(=O)CCCCCCCCCCCCCCCC. The van der Waals surface area contributed by atoms with Gasteiger partial charge in [-0.3, -0.25) is 13.8 Å². The first kappa shape index (κ1) is 49.0. The Kier molecular flexibility index (Phi) is 33.1. The van der Waals surface area contributed by atoms with Crippen LogP contribution in [0.4, 0.5) is 0 Å². The van der Waals surface area contributed by atoms with E-state index in [0.29, 0.717) is 17.4 Å². The van der Waals surface area contributed by atoms with Gasteiger partial charge in [-0.1, -0.05) is 167 Å². The number of nitrogens with one attached hydrogen (secondary N) is 1. The summed E-state index contributed by atoms with van der Waals surface area (Å²) in [7, 11) is 1.56. The third-order valence-electron chi connectivity index (χ3n) is 9.17. The van der Waals surface area contributed by atoms with E-state index >= 15 is 0 Å². The molecular weight excluding hydrogens is 647 g/mol. The fourth-order valence-electron chi connectivity index (χ4n) is 5.82. The van der Waals surface area contributed by atoms with E-state index in [9.17, 15) is 19.4 Å². The molecule has 0 aromatic heterocycles. The van der Waals surface area contributed by atoms with Crippen molar-refractivity contribution >= 4 is 13.7 Å². The second-order valence-corrected chi connectivity index (χ2v) is 16.8. The minimum absolute atomic E-state index is 0.0580. The molecule has 0 aromatic carbocycles. The molecule has 1 amide bonds. The maximum Gasteiger partial charge on any atom is 0.472 e. The van der Waals surface area contributed by atoms with Crippen molar-refractivity contribution in [3.8, 4) is 0 Å². The number of carbonyl (C=O) groups excluding carboxylic acids is 1. The maximum atomic E-state index is 12.8. The van der Waals surface area contributed by atoms with Crippen molar-refractivity contribution in [2.24, 2.45) is 0 Å². The Balaban J connectivity index is 4.52. The lowest BCUT2D eigenvalue weighted by Gasteiger charge is -2.25. The average Bonchev–Trinajstić information content (AvgIpc) is 3.06. The molecule has 0 rings (SSSR count). The minimum atomic E-state index is -4.34. The first-order chi connectivity index (χ1) is 24.0. The molecule has 0 aromatic rings. The van der Waals surface area contributed by atoms with Gasteiger partial charge in [-0.25, -0.2) is 4.57 Å². The Hall–Kier alpha value is -1.02. The molecule has 0 aliphatic heterocycles. The van der Waals surface area contributed by atoms with Crippen LogP contribution in [0.1, 0.15) is 181 Å². The highest BCUT2D eigenvalue weighted by atomic mass is 31.2. The lowest BCUT2D eigenvalue weighted by atomic mass is 10.0. The maximum absolute atomic E-state index is 12.8. The molecule has 0 saturated heterocycles. The molecule has 3 unspecified atom stereocenters. The van der Waals surface area contributed by atoms with Crippen molar-refractivity contribution in [2.45, 2.75) is 193 Å². The Morgan fingerprint density at radius 1 is 0.660 bits per heavy atom. The summed E-state index contributed by atoms with van der Waals surface area (Å²) in [5, 5.41) is 13.8. The first-order valence-corrected chi connectivity index (χ1v) is 22.2. The Morgan fingerprint density at radius 2 is 1.10 bits per heavy atom. The summed E-state index contributed by atoms with van der Waals surface area (Å²) in [4.78, 5) is 23.0. The number of quaternary nitrogens is 1. The van der Waals surface area contributed by atoms with E-state index in [0.717, 1.165) is 38.5 Å². The zero-order chi connectivity index (χ0) is 37.2. The van der Waals surface area contributed by atoms with Crippen LogP contribution < -0.4 is 5.32 Å². The lowest BCUT2D eigenvalue weighted by molar-refractivity contribution is -0.870. The normalized spacial score (nSPS) is 14.8. The summed E-state index contributed by atoms with van der Waals surface area (Å²) < 4.78 is 23.5. The standard InChI is InChI=1S/C41H81N2O6P/c1-6-8-10-12-14-16-18-20-22-24-26-28-30-32-34-40(44)39(38-49-50(46,47)48-37-36-43(3,4)5)42-41(45)35-33-31-29-27-25-23-21-19-17-15-13-11-9-7-2/h24,26,32,34,39-40,44H,6-23,25,27-31,33,35-38H2,1-5H3,(H-,42,45,46,47)/p+1/b26-24+,34-32+. The number of hydrogen-bond donors (Lipinski definition) is 3. The van der Waals surface area contributed by atoms with Crippen LogP contribution in [-0.4, -0.2) is 73.4 Å². The molecule has 0 heterocycles. The van der Waals surface area contributed by atoms with Crippen LogP contribution in [0.5, 0.6) is 0 Å². The van der Waals surface area contributed by atoms with Crippen LogP contribution >= 0.6 is 7.82 Å². The number of rotatable bonds is 37. The fourth-order valence-corrected chi connectivity index (χ4v) is 6.56. The van der Waals surface area contributed by atoms with Crippen molar-refractivity contribution in [1.82, 2.24) is 5.32 Å². The van der Waals surface area contributed by atoms with Crippen molar-refractivity contribution < 1.29 is 32.9 Å². The molecule has 0 radical (unpaired) electrons. The molecule has 0 bridgehead atoms. The number of amides is 1. The van der Waals surface area contributed by atoms with Gasteiger partial charge in [0.1, 0.15) is 13.2 Å². The molecular formula is C41H82N2O6P+. The summed E-state index contributed by atoms with van der Waals surface area (Å²) in [5.74, 6) is -0.187. The first-order valence-electron chi connectivity index (χ1n) is 20.7. The van der Waals surface area contributed by atoms with Gasteiger partial charge in [0.25, 0.3) is 0 Å². The van der Waals surface area contributed by atoms with Crippen molar-refractivity contribution in [3.05, 3.63) is 24.3 Å². The summed E-state index contributed by atoms with van der Waals surface area (Å²) in [6.07, 6.45) is 38.1. The summed E-state index contributed by atoms with van der Waals surface area (Å²) >= 11 is 0. The number of nitrogens with zero attached hydrogens (tertiary/aromatic N) is 1. The van der Waals surface area contributed by atoms with Gasteiger partial charge in [0.05, 0.1) is 39.9 Å². The molecule has 0 fully saturated rings. The third-order valence-corrected chi connectivity index (χ3v) is 10.2. The van der Waals surface area contributed by atoms with Crippen LogP contribution in [-0.2, 0) is 18.4 Å². The number of allylic oxidation sites excluding steroid dienone is 3. The highest BCUT2D eigenvalue weighted by molar-refractivity contribution is 7.47. The number of phosphoric ester groups is 1. The van der Waals surface area contributed by atoms with Gasteiger partial charge in [-0.15, -0.1) is 0 Å². The molecule has 0 spiro atoms. The molecule has 3 atom stereocenters. The number of phosphoric acid groups is 1. The van der Waals surface area contributed by atoms with E-state index in [4.69, 9.17) is 9.05 Å². The van der Waals surface area contributed by atoms with E-state index in [-0.39, 0.29) is 19.1 Å². The number of likely N-dealkylation sites (N-methyl/N-ethyl adjacent to an activating group) is 1. The van der Waals surface area contributed by atoms with Gasteiger partial charge in [0.15, 0.2) is 0 Å². The topological polar surface area (TPSA) is 105 Å². The van der Waals surface area contributed by atoms with E-state index in [1.54, 1.807) is 6.08 Å². The zero-order valence-electron chi connectivity index (χ0n) is 33.4. The molecule has 3 N–H and O–H groups in total. The van der Waals surface area contributed by atoms with Gasteiger partial charge < -0.3 is 19.8 Å². The van der Waals surface area contributed by atoms with Crippen molar-refractivity contribution in [2.75, 3.05) is 40.9 Å². The van der Waals surface area contributed by atoms with Gasteiger partial charge >= 0.3 is 7.82 Å². The summed E-state index contributed by atoms with van der Waals surface area (Å²) in [5.41, 5.74) is 0. The van der Waals surface area contributed by atoms with Gasteiger partial charge in [0.2, 0.25) is 5.91 Å². The number of hydrogen-bond acceptors (Lipinski definition) is 5. The summed E-state index contributed by atoms with van der Waals surface area (Å²) in [6.45, 7) is 4.78. The van der Waals surface area contributed by atoms with E-state index in [1.165, 1.54) is 122 Å². The number of unbranched alkanes of at least 4 members (excludes halogenated alkanes) is 22. The molecule has 9 heteroatoms. The molecule has 0 aliphatic carbocycles. The molecule has 8 nitrogen and oxygen atoms in total. The second-order valence-electron chi connectivity index (χ2n) is 15.4. The van der Waals surface area contributed by atoms with E-state index in [2.05, 4.69) is 31.3 Å². The molecule has 50 heavy (non-hydrogen) atoms. The highest BCUT2D eigenvalue weighted by Gasteiger charge is 2.27. The van der Waals surface area contributed by atoms with Gasteiger partial charge in [0, 0.05) is 6.42 Å². The van der Waals surface area contributed by atoms with Crippen molar-refractivity contribution in [1.29, 1.82) is 0 Å². The lowest BCUT2D eigenvalue weighted by Crippen LogP contribution is -2.45. The van der Waals surface area contributed by atoms with E-state index in [1.807, 2.05) is 27.2 Å². The molecule has 296 valence electrons. The molecule has 0 saturated carbocycles. The second kappa shape index (κ2) is 33.8. The van der Waals surface area contributed by atoms with Gasteiger partial charge in [-0.2, -0.15) is 0 Å². The fraction of sp³-hybridized carbons (Fsp3) is 0.878. The minimum Gasteiger partial charge on any atom is -0.387 e. The quantitative estimate of drug-likeness (QED) is 0.0254. The van der Waals surface area contributed by atoms with Crippen LogP contribution in [0.3, 0.4) is 0 Å². The smallest absolute Gasteiger partial charge is 0.387 e. The predicted octanol–water partition coefficient (Wildman–Crippen LogP) is 11.0. The predicted molar refractivity (Wildman–Crippen MR) is 212 cm³/mol.